The largest absolute Gasteiger partial charge is 0.315 e. The van der Waals surface area contributed by atoms with E-state index in [-0.39, 0.29) is 0 Å². The Morgan fingerprint density at radius 1 is 1.16 bits per heavy atom. The van der Waals surface area contributed by atoms with Crippen LogP contribution >= 0.6 is 0 Å². The maximum atomic E-state index is 3.76. The normalized spacial score (nSPS) is 21.4. The summed E-state index contributed by atoms with van der Waals surface area (Å²) in [6.45, 7) is 4.53. The van der Waals surface area contributed by atoms with Gasteiger partial charge in [-0.15, -0.1) is 0 Å². The molecule has 19 heavy (non-hydrogen) atoms. The van der Waals surface area contributed by atoms with E-state index < -0.39 is 0 Å². The van der Waals surface area contributed by atoms with Gasteiger partial charge in [0.05, 0.1) is 0 Å². The fourth-order valence-electron chi connectivity index (χ4n) is 3.07. The molecule has 2 nitrogen and oxygen atoms in total. The highest BCUT2D eigenvalue weighted by molar-refractivity contribution is 5.86. The molecule has 2 N–H and O–H groups in total. The molecule has 2 aromatic carbocycles. The first kappa shape index (κ1) is 12.6. The van der Waals surface area contributed by atoms with Gasteiger partial charge in [0.25, 0.3) is 0 Å². The van der Waals surface area contributed by atoms with Crippen molar-refractivity contribution in [3.63, 3.8) is 0 Å². The molecule has 1 saturated heterocycles. The molecule has 0 saturated carbocycles. The van der Waals surface area contributed by atoms with E-state index in [4.69, 9.17) is 0 Å². The lowest BCUT2D eigenvalue weighted by Crippen LogP contribution is -2.43. The fourth-order valence-corrected chi connectivity index (χ4v) is 3.07. The summed E-state index contributed by atoms with van der Waals surface area (Å²) < 4.78 is 0. The van der Waals surface area contributed by atoms with Crippen molar-refractivity contribution in [3.8, 4) is 0 Å². The highest BCUT2D eigenvalue weighted by Crippen LogP contribution is 2.24. The van der Waals surface area contributed by atoms with Gasteiger partial charge in [0.2, 0.25) is 0 Å². The Labute approximate surface area is 115 Å². The van der Waals surface area contributed by atoms with Crippen LogP contribution in [0.4, 0.5) is 0 Å². The van der Waals surface area contributed by atoms with Gasteiger partial charge in [-0.25, -0.2) is 0 Å². The zero-order valence-corrected chi connectivity index (χ0v) is 11.5. The summed E-state index contributed by atoms with van der Waals surface area (Å²) >= 11 is 0. The molecule has 0 radical (unpaired) electrons. The lowest BCUT2D eigenvalue weighted by Gasteiger charge is -2.28. The Kier molecular flexibility index (Phi) is 3.81. The fraction of sp³-hybridized carbons (Fsp3) is 0.412. The van der Waals surface area contributed by atoms with Crippen molar-refractivity contribution in [2.75, 3.05) is 13.1 Å². The van der Waals surface area contributed by atoms with Gasteiger partial charge in [0.1, 0.15) is 0 Å². The summed E-state index contributed by atoms with van der Waals surface area (Å²) in [7, 11) is 0. The van der Waals surface area contributed by atoms with Crippen LogP contribution in [0.25, 0.3) is 10.8 Å². The van der Waals surface area contributed by atoms with E-state index in [1.165, 1.54) is 35.7 Å². The van der Waals surface area contributed by atoms with Crippen LogP contribution in [0.2, 0.25) is 0 Å². The van der Waals surface area contributed by atoms with Gasteiger partial charge in [-0.3, -0.25) is 0 Å². The van der Waals surface area contributed by atoms with Crippen LogP contribution in [0.15, 0.2) is 42.5 Å². The van der Waals surface area contributed by atoms with Gasteiger partial charge >= 0.3 is 0 Å². The second-order valence-electron chi connectivity index (χ2n) is 5.50. The maximum Gasteiger partial charge on any atom is 0.0301 e. The highest BCUT2D eigenvalue weighted by Gasteiger charge is 2.16. The van der Waals surface area contributed by atoms with E-state index in [1.54, 1.807) is 0 Å². The molecule has 1 heterocycles. The Morgan fingerprint density at radius 2 is 2.00 bits per heavy atom. The minimum Gasteiger partial charge on any atom is -0.315 e. The predicted octanol–water partition coefficient (Wildman–Crippen LogP) is 3.24. The topological polar surface area (TPSA) is 24.1 Å². The molecular formula is C17H22N2. The molecule has 0 bridgehead atoms. The highest BCUT2D eigenvalue weighted by atomic mass is 15.0. The first-order valence-electron chi connectivity index (χ1n) is 7.29. The molecule has 1 aliphatic rings. The molecule has 100 valence electrons. The number of piperidine rings is 1. The Bertz CT molecular complexity index is 538. The summed E-state index contributed by atoms with van der Waals surface area (Å²) in [5.41, 5.74) is 1.41. The molecule has 0 spiro atoms. The van der Waals surface area contributed by atoms with Gasteiger partial charge < -0.3 is 10.6 Å². The minimum atomic E-state index is 0.399. The second kappa shape index (κ2) is 5.72. The van der Waals surface area contributed by atoms with E-state index >= 15 is 0 Å². The lowest BCUT2D eigenvalue weighted by molar-refractivity contribution is 0.363. The maximum absolute atomic E-state index is 3.76. The zero-order valence-electron chi connectivity index (χ0n) is 11.5. The first-order valence-corrected chi connectivity index (χ1v) is 7.29. The average molecular weight is 254 g/mol. The number of fused-ring (bicyclic) bond motifs is 1. The first-order chi connectivity index (χ1) is 9.34. The number of nitrogens with one attached hydrogen (secondary N) is 2. The van der Waals surface area contributed by atoms with E-state index in [9.17, 15) is 0 Å². The number of hydrogen-bond acceptors (Lipinski definition) is 2. The van der Waals surface area contributed by atoms with Crippen molar-refractivity contribution < 1.29 is 0 Å². The minimum absolute atomic E-state index is 0.399. The molecule has 1 aliphatic heterocycles. The monoisotopic (exact) mass is 254 g/mol. The molecule has 2 heteroatoms. The van der Waals surface area contributed by atoms with Gasteiger partial charge in [-0.1, -0.05) is 42.5 Å². The molecule has 0 unspecified atom stereocenters. The van der Waals surface area contributed by atoms with E-state index in [2.05, 4.69) is 60.0 Å². The number of hydrogen-bond donors (Lipinski definition) is 2. The zero-order chi connectivity index (χ0) is 13.1. The van der Waals surface area contributed by atoms with Crippen molar-refractivity contribution in [1.82, 2.24) is 10.6 Å². The smallest absolute Gasteiger partial charge is 0.0301 e. The summed E-state index contributed by atoms with van der Waals surface area (Å²) in [6.07, 6.45) is 2.56. The third-order valence-electron chi connectivity index (χ3n) is 4.07. The number of benzene rings is 2. The molecule has 0 aliphatic carbocycles. The van der Waals surface area contributed by atoms with Gasteiger partial charge in [0, 0.05) is 18.6 Å². The Hall–Kier alpha value is -1.38. The standard InChI is InChI=1S/C17H22N2/c1-13(19-15-8-5-11-18-12-15)16-10-4-7-14-6-2-3-9-17(14)16/h2-4,6-7,9-10,13,15,18-19H,5,8,11-12H2,1H3/t13-,15-/m1/s1. The van der Waals surface area contributed by atoms with Crippen LogP contribution < -0.4 is 10.6 Å². The van der Waals surface area contributed by atoms with Crippen LogP contribution in [0, 0.1) is 0 Å². The van der Waals surface area contributed by atoms with Crippen molar-refractivity contribution in [2.45, 2.75) is 31.8 Å². The summed E-state index contributed by atoms with van der Waals surface area (Å²) in [5, 5.41) is 9.93. The van der Waals surface area contributed by atoms with Crippen LogP contribution in [0.1, 0.15) is 31.4 Å². The third-order valence-corrected chi connectivity index (χ3v) is 4.07. The number of rotatable bonds is 3. The van der Waals surface area contributed by atoms with Gasteiger partial charge in [-0.05, 0) is 42.6 Å². The van der Waals surface area contributed by atoms with E-state index in [0.717, 1.165) is 6.54 Å². The molecule has 1 fully saturated rings. The average Bonchev–Trinajstić information content (AvgIpc) is 2.47. The van der Waals surface area contributed by atoms with Crippen molar-refractivity contribution in [1.29, 1.82) is 0 Å². The summed E-state index contributed by atoms with van der Waals surface area (Å²) in [5.74, 6) is 0. The molecule has 2 atom stereocenters. The van der Waals surface area contributed by atoms with Crippen LogP contribution in [0.5, 0.6) is 0 Å². The molecular weight excluding hydrogens is 232 g/mol. The lowest BCUT2D eigenvalue weighted by atomic mass is 9.98. The SMILES string of the molecule is C[C@@H](N[C@@H]1CCCNC1)c1cccc2ccccc12. The van der Waals surface area contributed by atoms with Crippen molar-refractivity contribution in [3.05, 3.63) is 48.0 Å². The van der Waals surface area contributed by atoms with Gasteiger partial charge in [0.15, 0.2) is 0 Å². The predicted molar refractivity (Wildman–Crippen MR) is 81.4 cm³/mol. The second-order valence-corrected chi connectivity index (χ2v) is 5.50. The third kappa shape index (κ3) is 2.80. The van der Waals surface area contributed by atoms with E-state index in [1.807, 2.05) is 0 Å². The van der Waals surface area contributed by atoms with Crippen LogP contribution in [0.3, 0.4) is 0 Å². The molecule has 2 aromatic rings. The van der Waals surface area contributed by atoms with Crippen LogP contribution in [-0.4, -0.2) is 19.1 Å². The molecule has 3 rings (SSSR count). The van der Waals surface area contributed by atoms with E-state index in [0.29, 0.717) is 12.1 Å². The van der Waals surface area contributed by atoms with Crippen LogP contribution in [-0.2, 0) is 0 Å². The Morgan fingerprint density at radius 3 is 2.84 bits per heavy atom. The Balaban J connectivity index is 1.82. The quantitative estimate of drug-likeness (QED) is 0.878. The van der Waals surface area contributed by atoms with Crippen molar-refractivity contribution >= 4 is 10.8 Å². The van der Waals surface area contributed by atoms with Gasteiger partial charge in [-0.2, -0.15) is 0 Å². The summed E-state index contributed by atoms with van der Waals surface area (Å²) in [4.78, 5) is 0. The van der Waals surface area contributed by atoms with Crippen molar-refractivity contribution in [2.24, 2.45) is 0 Å². The molecule has 0 aromatic heterocycles. The molecule has 0 amide bonds. The summed E-state index contributed by atoms with van der Waals surface area (Å²) in [6, 6.07) is 16.2.